The van der Waals surface area contributed by atoms with Gasteiger partial charge in [0.1, 0.15) is 5.75 Å². The molecule has 1 aliphatic heterocycles. The topological polar surface area (TPSA) is 48.0 Å². The summed E-state index contributed by atoms with van der Waals surface area (Å²) < 4.78 is 16.1. The largest absolute Gasteiger partial charge is 0.497 e. The van der Waals surface area contributed by atoms with Gasteiger partial charge in [0, 0.05) is 19.0 Å². The van der Waals surface area contributed by atoms with Crippen molar-refractivity contribution >= 4 is 5.91 Å². The van der Waals surface area contributed by atoms with Gasteiger partial charge in [0.25, 0.3) is 0 Å². The van der Waals surface area contributed by atoms with Gasteiger partial charge in [0.05, 0.1) is 21.3 Å². The van der Waals surface area contributed by atoms with E-state index in [1.165, 1.54) is 5.56 Å². The van der Waals surface area contributed by atoms with Crippen molar-refractivity contribution in [2.45, 2.75) is 38.8 Å². The van der Waals surface area contributed by atoms with E-state index in [-0.39, 0.29) is 11.9 Å². The van der Waals surface area contributed by atoms with Crippen molar-refractivity contribution in [1.29, 1.82) is 0 Å². The zero-order valence-corrected chi connectivity index (χ0v) is 16.5. The van der Waals surface area contributed by atoms with Crippen LogP contribution in [0.1, 0.15) is 30.0 Å². The maximum Gasteiger partial charge on any atom is 0.223 e. The molecule has 1 atom stereocenters. The minimum atomic E-state index is 0.161. The van der Waals surface area contributed by atoms with Crippen molar-refractivity contribution < 1.29 is 19.0 Å². The number of aryl methyl sites for hydroxylation is 1. The molecule has 0 radical (unpaired) electrons. The summed E-state index contributed by atoms with van der Waals surface area (Å²) in [7, 11) is 4.93. The Balaban J connectivity index is 1.71. The zero-order chi connectivity index (χ0) is 19.4. The van der Waals surface area contributed by atoms with Crippen LogP contribution < -0.4 is 14.2 Å². The molecule has 5 heteroatoms. The van der Waals surface area contributed by atoms with Gasteiger partial charge in [0.2, 0.25) is 5.91 Å². The molecule has 0 aromatic heterocycles. The third-order valence-electron chi connectivity index (χ3n) is 5.18. The first-order chi connectivity index (χ1) is 13.0. The lowest BCUT2D eigenvalue weighted by atomic mass is 9.93. The molecule has 1 amide bonds. The Hall–Kier alpha value is -2.69. The van der Waals surface area contributed by atoms with Crippen molar-refractivity contribution in [3.63, 3.8) is 0 Å². The molecule has 0 aliphatic carbocycles. The molecule has 0 N–H and O–H groups in total. The number of amides is 1. The Morgan fingerprint density at radius 1 is 1.04 bits per heavy atom. The van der Waals surface area contributed by atoms with Gasteiger partial charge in [0.15, 0.2) is 11.5 Å². The fourth-order valence-corrected chi connectivity index (χ4v) is 3.63. The number of carbonyl (C=O) groups excluding carboxylic acids is 1. The number of fused-ring (bicyclic) bond motifs is 1. The number of rotatable bonds is 6. The van der Waals surface area contributed by atoms with E-state index in [9.17, 15) is 4.79 Å². The van der Waals surface area contributed by atoms with Crippen LogP contribution in [0.15, 0.2) is 36.4 Å². The zero-order valence-electron chi connectivity index (χ0n) is 16.5. The lowest BCUT2D eigenvalue weighted by Gasteiger charge is -2.35. The minimum Gasteiger partial charge on any atom is -0.497 e. The van der Waals surface area contributed by atoms with Gasteiger partial charge in [-0.25, -0.2) is 0 Å². The Morgan fingerprint density at radius 2 is 1.74 bits per heavy atom. The van der Waals surface area contributed by atoms with Gasteiger partial charge >= 0.3 is 0 Å². The predicted octanol–water partition coefficient (Wildman–Crippen LogP) is 3.62. The van der Waals surface area contributed by atoms with Crippen LogP contribution in [0.3, 0.4) is 0 Å². The average molecular weight is 369 g/mol. The van der Waals surface area contributed by atoms with Crippen molar-refractivity contribution in [2.75, 3.05) is 21.3 Å². The summed E-state index contributed by atoms with van der Waals surface area (Å²) in [6.07, 6.45) is 2.01. The molecule has 1 unspecified atom stereocenters. The van der Waals surface area contributed by atoms with Gasteiger partial charge in [-0.15, -0.1) is 0 Å². The highest BCUT2D eigenvalue weighted by Crippen LogP contribution is 2.34. The molecule has 0 fully saturated rings. The molecule has 2 aromatic rings. The van der Waals surface area contributed by atoms with E-state index in [1.54, 1.807) is 21.3 Å². The molecule has 3 rings (SSSR count). The molecule has 5 nitrogen and oxygen atoms in total. The first-order valence-corrected chi connectivity index (χ1v) is 9.22. The van der Waals surface area contributed by atoms with Gasteiger partial charge < -0.3 is 19.1 Å². The third kappa shape index (κ3) is 4.18. The van der Waals surface area contributed by atoms with Crippen molar-refractivity contribution in [2.24, 2.45) is 0 Å². The van der Waals surface area contributed by atoms with Gasteiger partial charge in [-0.3, -0.25) is 4.79 Å². The second-order valence-corrected chi connectivity index (χ2v) is 6.90. The Morgan fingerprint density at radius 3 is 2.41 bits per heavy atom. The molecular weight excluding hydrogens is 342 g/mol. The minimum absolute atomic E-state index is 0.161. The highest BCUT2D eigenvalue weighted by molar-refractivity contribution is 5.77. The molecule has 1 heterocycles. The first-order valence-electron chi connectivity index (χ1n) is 9.22. The van der Waals surface area contributed by atoms with E-state index in [4.69, 9.17) is 14.2 Å². The molecule has 1 aliphatic rings. The summed E-state index contributed by atoms with van der Waals surface area (Å²) in [5.74, 6) is 2.43. The Bertz CT molecular complexity index is 818. The molecule has 0 spiro atoms. The summed E-state index contributed by atoms with van der Waals surface area (Å²) in [5.41, 5.74) is 3.46. The van der Waals surface area contributed by atoms with Gasteiger partial charge in [-0.1, -0.05) is 12.1 Å². The highest BCUT2D eigenvalue weighted by Gasteiger charge is 2.27. The van der Waals surface area contributed by atoms with E-state index in [0.717, 1.165) is 29.0 Å². The normalized spacial score (nSPS) is 15.9. The van der Waals surface area contributed by atoms with Crippen molar-refractivity contribution in [1.82, 2.24) is 4.90 Å². The van der Waals surface area contributed by atoms with Crippen LogP contribution in [0.4, 0.5) is 0 Å². The fraction of sp³-hybridized carbons (Fsp3) is 0.409. The maximum absolute atomic E-state index is 12.9. The van der Waals surface area contributed by atoms with E-state index < -0.39 is 0 Å². The number of hydrogen-bond donors (Lipinski definition) is 0. The van der Waals surface area contributed by atoms with Crippen LogP contribution in [-0.2, 0) is 24.2 Å². The molecule has 27 heavy (non-hydrogen) atoms. The predicted molar refractivity (Wildman–Crippen MR) is 105 cm³/mol. The molecule has 0 saturated carbocycles. The summed E-state index contributed by atoms with van der Waals surface area (Å²) >= 11 is 0. The van der Waals surface area contributed by atoms with Crippen molar-refractivity contribution in [3.05, 3.63) is 53.1 Å². The summed E-state index contributed by atoms with van der Waals surface area (Å²) in [6, 6.07) is 12.1. The number of nitrogens with zero attached hydrogens (tertiary/aromatic N) is 1. The standard InChI is InChI=1S/C22H27NO4/c1-15-10-17-12-20(26-3)21(27-4)13-18(17)14-23(15)22(24)9-8-16-6-5-7-19(11-16)25-2/h5-7,11-13,15H,8-10,14H2,1-4H3. The quantitative estimate of drug-likeness (QED) is 0.780. The average Bonchev–Trinajstić information content (AvgIpc) is 2.70. The number of carbonyl (C=O) groups is 1. The Kier molecular flexibility index (Phi) is 5.89. The SMILES string of the molecule is COc1cccc(CCC(=O)N2Cc3cc(OC)c(OC)cc3CC2C)c1. The lowest BCUT2D eigenvalue weighted by Crippen LogP contribution is -2.42. The number of benzene rings is 2. The van der Waals surface area contributed by atoms with E-state index in [0.29, 0.717) is 25.1 Å². The second-order valence-electron chi connectivity index (χ2n) is 6.90. The van der Waals surface area contributed by atoms with E-state index in [1.807, 2.05) is 41.3 Å². The monoisotopic (exact) mass is 369 g/mol. The second kappa shape index (κ2) is 8.33. The van der Waals surface area contributed by atoms with Crippen LogP contribution in [0.2, 0.25) is 0 Å². The van der Waals surface area contributed by atoms with E-state index >= 15 is 0 Å². The first kappa shape index (κ1) is 19.1. The molecule has 0 saturated heterocycles. The van der Waals surface area contributed by atoms with Crippen LogP contribution >= 0.6 is 0 Å². The summed E-state index contributed by atoms with van der Waals surface area (Å²) in [5, 5.41) is 0. The van der Waals surface area contributed by atoms with Gasteiger partial charge in [-0.05, 0) is 60.7 Å². The number of hydrogen-bond acceptors (Lipinski definition) is 4. The van der Waals surface area contributed by atoms with Crippen LogP contribution in [0.25, 0.3) is 0 Å². The van der Waals surface area contributed by atoms with Crippen LogP contribution in [0, 0.1) is 0 Å². The van der Waals surface area contributed by atoms with Crippen LogP contribution in [0.5, 0.6) is 17.2 Å². The molecule has 2 aromatic carbocycles. The maximum atomic E-state index is 12.9. The summed E-state index contributed by atoms with van der Waals surface area (Å²) in [6.45, 7) is 2.71. The van der Waals surface area contributed by atoms with Gasteiger partial charge in [-0.2, -0.15) is 0 Å². The summed E-state index contributed by atoms with van der Waals surface area (Å²) in [4.78, 5) is 14.8. The van der Waals surface area contributed by atoms with Crippen LogP contribution in [-0.4, -0.2) is 38.2 Å². The molecule has 0 bridgehead atoms. The molecular formula is C22H27NO4. The molecule has 144 valence electrons. The fourth-order valence-electron chi connectivity index (χ4n) is 3.63. The smallest absolute Gasteiger partial charge is 0.223 e. The lowest BCUT2D eigenvalue weighted by molar-refractivity contribution is -0.134. The highest BCUT2D eigenvalue weighted by atomic mass is 16.5. The van der Waals surface area contributed by atoms with Crippen molar-refractivity contribution in [3.8, 4) is 17.2 Å². The van der Waals surface area contributed by atoms with E-state index in [2.05, 4.69) is 6.92 Å². The number of ether oxygens (including phenoxy) is 3. The third-order valence-corrected chi connectivity index (χ3v) is 5.18. The number of methoxy groups -OCH3 is 3. The Labute approximate surface area is 160 Å².